The van der Waals surface area contributed by atoms with Gasteiger partial charge in [-0.05, 0) is 37.6 Å². The molecule has 0 radical (unpaired) electrons. The lowest BCUT2D eigenvalue weighted by Crippen LogP contribution is -2.37. The van der Waals surface area contributed by atoms with E-state index in [1.54, 1.807) is 0 Å². The van der Waals surface area contributed by atoms with Gasteiger partial charge in [0.15, 0.2) is 0 Å². The molecule has 0 saturated heterocycles. The summed E-state index contributed by atoms with van der Waals surface area (Å²) in [6, 6.07) is 0.809. The Hall–Kier alpha value is -0.0400. The highest BCUT2D eigenvalue weighted by Gasteiger charge is 2.24. The fourth-order valence-corrected chi connectivity index (χ4v) is 3.42. The number of unbranched alkanes of at least 4 members (excludes halogenated alkanes) is 4. The Kier molecular flexibility index (Phi) is 8.75. The molecule has 1 atom stereocenters. The Morgan fingerprint density at radius 2 is 1.61 bits per heavy atom. The van der Waals surface area contributed by atoms with E-state index in [0.717, 1.165) is 24.4 Å². The van der Waals surface area contributed by atoms with Crippen LogP contribution in [0.25, 0.3) is 0 Å². The van der Waals surface area contributed by atoms with Gasteiger partial charge in [-0.3, -0.25) is 0 Å². The lowest BCUT2D eigenvalue weighted by atomic mass is 9.78. The highest BCUT2D eigenvalue weighted by Crippen LogP contribution is 2.32. The predicted octanol–water partition coefficient (Wildman–Crippen LogP) is 5.15. The first-order valence-electron chi connectivity index (χ1n) is 8.51. The summed E-state index contributed by atoms with van der Waals surface area (Å²) >= 11 is 0. The van der Waals surface area contributed by atoms with E-state index in [2.05, 4.69) is 26.1 Å². The van der Waals surface area contributed by atoms with Crippen molar-refractivity contribution in [3.05, 3.63) is 0 Å². The first kappa shape index (κ1) is 16.0. The summed E-state index contributed by atoms with van der Waals surface area (Å²) in [4.78, 5) is 0. The van der Waals surface area contributed by atoms with Gasteiger partial charge in [-0.2, -0.15) is 0 Å². The van der Waals surface area contributed by atoms with Crippen molar-refractivity contribution in [3.8, 4) is 0 Å². The van der Waals surface area contributed by atoms with Gasteiger partial charge < -0.3 is 5.32 Å². The van der Waals surface area contributed by atoms with Crippen molar-refractivity contribution >= 4 is 0 Å². The SMILES string of the molecule is CCCCCCCC(NCC)C1CCC(C)CC1. The van der Waals surface area contributed by atoms with Crippen molar-refractivity contribution in [2.24, 2.45) is 11.8 Å². The van der Waals surface area contributed by atoms with Crippen molar-refractivity contribution in [3.63, 3.8) is 0 Å². The Bertz CT molecular complexity index is 182. The molecule has 1 nitrogen and oxygen atoms in total. The van der Waals surface area contributed by atoms with Gasteiger partial charge in [0.25, 0.3) is 0 Å². The average molecular weight is 253 g/mol. The average Bonchev–Trinajstić information content (AvgIpc) is 2.38. The maximum absolute atomic E-state index is 3.76. The first-order chi connectivity index (χ1) is 8.77. The number of nitrogens with one attached hydrogen (secondary N) is 1. The fraction of sp³-hybridized carbons (Fsp3) is 1.00. The number of hydrogen-bond acceptors (Lipinski definition) is 1. The summed E-state index contributed by atoms with van der Waals surface area (Å²) in [6.07, 6.45) is 14.4. The zero-order valence-corrected chi connectivity index (χ0v) is 13.0. The van der Waals surface area contributed by atoms with E-state index in [9.17, 15) is 0 Å². The van der Waals surface area contributed by atoms with Crippen LogP contribution in [0.4, 0.5) is 0 Å². The molecule has 0 aliphatic heterocycles. The zero-order valence-electron chi connectivity index (χ0n) is 13.0. The summed E-state index contributed by atoms with van der Waals surface area (Å²) in [6.45, 7) is 8.12. The Morgan fingerprint density at radius 1 is 0.944 bits per heavy atom. The molecule has 0 spiro atoms. The third-order valence-corrected chi connectivity index (χ3v) is 4.71. The van der Waals surface area contributed by atoms with Crippen molar-refractivity contribution < 1.29 is 0 Å². The van der Waals surface area contributed by atoms with E-state index in [1.165, 1.54) is 64.2 Å². The van der Waals surface area contributed by atoms with Crippen LogP contribution in [0.5, 0.6) is 0 Å². The molecule has 0 amide bonds. The van der Waals surface area contributed by atoms with Crippen molar-refractivity contribution in [2.75, 3.05) is 6.54 Å². The molecule has 1 heteroatoms. The van der Waals surface area contributed by atoms with E-state index < -0.39 is 0 Å². The Morgan fingerprint density at radius 3 is 2.22 bits per heavy atom. The molecule has 0 bridgehead atoms. The first-order valence-corrected chi connectivity index (χ1v) is 8.51. The number of hydrogen-bond donors (Lipinski definition) is 1. The van der Waals surface area contributed by atoms with Gasteiger partial charge in [-0.25, -0.2) is 0 Å². The van der Waals surface area contributed by atoms with Gasteiger partial charge in [0.1, 0.15) is 0 Å². The molecular weight excluding hydrogens is 218 g/mol. The van der Waals surface area contributed by atoms with Gasteiger partial charge in [0.05, 0.1) is 0 Å². The maximum Gasteiger partial charge on any atom is 0.00952 e. The maximum atomic E-state index is 3.76. The van der Waals surface area contributed by atoms with E-state index in [4.69, 9.17) is 0 Å². The molecule has 0 heterocycles. The van der Waals surface area contributed by atoms with Crippen LogP contribution in [0.15, 0.2) is 0 Å². The van der Waals surface area contributed by atoms with Crippen LogP contribution >= 0.6 is 0 Å². The van der Waals surface area contributed by atoms with E-state index in [0.29, 0.717) is 0 Å². The quantitative estimate of drug-likeness (QED) is 0.560. The predicted molar refractivity (Wildman–Crippen MR) is 82.0 cm³/mol. The van der Waals surface area contributed by atoms with E-state index >= 15 is 0 Å². The third kappa shape index (κ3) is 6.22. The largest absolute Gasteiger partial charge is 0.314 e. The summed E-state index contributed by atoms with van der Waals surface area (Å²) in [7, 11) is 0. The van der Waals surface area contributed by atoms with Crippen molar-refractivity contribution in [2.45, 2.75) is 91.0 Å². The minimum atomic E-state index is 0.809. The highest BCUT2D eigenvalue weighted by atomic mass is 14.9. The van der Waals surface area contributed by atoms with Crippen LogP contribution in [-0.2, 0) is 0 Å². The molecule has 1 saturated carbocycles. The van der Waals surface area contributed by atoms with Crippen LogP contribution in [0.3, 0.4) is 0 Å². The number of rotatable bonds is 9. The molecule has 1 aliphatic carbocycles. The molecule has 1 unspecified atom stereocenters. The minimum Gasteiger partial charge on any atom is -0.314 e. The normalized spacial score (nSPS) is 26.2. The smallest absolute Gasteiger partial charge is 0.00952 e. The van der Waals surface area contributed by atoms with Crippen molar-refractivity contribution in [1.29, 1.82) is 0 Å². The lowest BCUT2D eigenvalue weighted by Gasteiger charge is -2.33. The molecule has 108 valence electrons. The summed E-state index contributed by atoms with van der Waals surface area (Å²) < 4.78 is 0. The molecule has 1 aliphatic rings. The van der Waals surface area contributed by atoms with Crippen LogP contribution < -0.4 is 5.32 Å². The molecule has 1 rings (SSSR count). The second-order valence-electron chi connectivity index (χ2n) is 6.39. The standard InChI is InChI=1S/C17H35N/c1-4-6-7-8-9-10-17(18-5-2)16-13-11-15(3)12-14-16/h15-18H,4-14H2,1-3H3. The van der Waals surface area contributed by atoms with Gasteiger partial charge in [-0.1, -0.05) is 65.7 Å². The second kappa shape index (κ2) is 9.83. The van der Waals surface area contributed by atoms with Gasteiger partial charge in [0, 0.05) is 6.04 Å². The Labute approximate surface area is 115 Å². The van der Waals surface area contributed by atoms with Crippen molar-refractivity contribution in [1.82, 2.24) is 5.32 Å². The van der Waals surface area contributed by atoms with Crippen LogP contribution in [0.2, 0.25) is 0 Å². The molecule has 0 aromatic heterocycles. The van der Waals surface area contributed by atoms with E-state index in [1.807, 2.05) is 0 Å². The van der Waals surface area contributed by atoms with Gasteiger partial charge in [0.2, 0.25) is 0 Å². The van der Waals surface area contributed by atoms with Crippen LogP contribution in [0.1, 0.15) is 85.0 Å². The molecule has 0 aromatic rings. The third-order valence-electron chi connectivity index (χ3n) is 4.71. The highest BCUT2D eigenvalue weighted by molar-refractivity contribution is 4.80. The fourth-order valence-electron chi connectivity index (χ4n) is 3.42. The summed E-state index contributed by atoms with van der Waals surface area (Å²) in [5.41, 5.74) is 0. The molecule has 1 N–H and O–H groups in total. The molecule has 18 heavy (non-hydrogen) atoms. The van der Waals surface area contributed by atoms with Crippen LogP contribution in [0, 0.1) is 11.8 Å². The monoisotopic (exact) mass is 253 g/mol. The minimum absolute atomic E-state index is 0.809. The molecular formula is C17H35N. The van der Waals surface area contributed by atoms with Crippen LogP contribution in [-0.4, -0.2) is 12.6 Å². The lowest BCUT2D eigenvalue weighted by molar-refractivity contribution is 0.221. The Balaban J connectivity index is 2.21. The topological polar surface area (TPSA) is 12.0 Å². The summed E-state index contributed by atoms with van der Waals surface area (Å²) in [5, 5.41) is 3.76. The molecule has 1 fully saturated rings. The molecule has 0 aromatic carbocycles. The summed E-state index contributed by atoms with van der Waals surface area (Å²) in [5.74, 6) is 1.94. The van der Waals surface area contributed by atoms with Gasteiger partial charge in [-0.15, -0.1) is 0 Å². The second-order valence-corrected chi connectivity index (χ2v) is 6.39. The zero-order chi connectivity index (χ0) is 13.2. The van der Waals surface area contributed by atoms with Gasteiger partial charge >= 0.3 is 0 Å². The van der Waals surface area contributed by atoms with E-state index in [-0.39, 0.29) is 0 Å².